The smallest absolute Gasteiger partial charge is 0.234 e. The number of aliphatic hydroxyl groups is 1. The lowest BCUT2D eigenvalue weighted by Crippen LogP contribution is -2.36. The third kappa shape index (κ3) is 4.62. The number of β-amino-alcohol motifs (C(OH)–C–C–N with tert-alkyl or cyclic N) is 1. The van der Waals surface area contributed by atoms with E-state index in [1.54, 1.807) is 7.11 Å². The number of amides is 1. The zero-order valence-corrected chi connectivity index (χ0v) is 15.1. The van der Waals surface area contributed by atoms with Crippen molar-refractivity contribution in [3.05, 3.63) is 47.3 Å². The molecule has 0 saturated carbocycles. The Bertz CT molecular complexity index is 746. The number of aliphatic hydroxyl groups excluding tert-OH is 1. The molecule has 1 aliphatic heterocycles. The summed E-state index contributed by atoms with van der Waals surface area (Å²) in [5.74, 6) is 1.50. The summed E-state index contributed by atoms with van der Waals surface area (Å²) >= 11 is 0. The first-order valence-corrected chi connectivity index (χ1v) is 8.76. The highest BCUT2D eigenvalue weighted by atomic mass is 16.5. The first-order valence-electron chi connectivity index (χ1n) is 8.76. The van der Waals surface area contributed by atoms with Crippen LogP contribution in [0.3, 0.4) is 0 Å². The minimum atomic E-state index is -0.470. The van der Waals surface area contributed by atoms with E-state index >= 15 is 0 Å². The van der Waals surface area contributed by atoms with Gasteiger partial charge in [-0.2, -0.15) is 0 Å². The number of aromatic nitrogens is 1. The topological polar surface area (TPSA) is 87.8 Å². The highest BCUT2D eigenvalue weighted by Crippen LogP contribution is 2.22. The van der Waals surface area contributed by atoms with Gasteiger partial charge in [-0.05, 0) is 13.0 Å². The van der Waals surface area contributed by atoms with Crippen LogP contribution in [0.1, 0.15) is 17.0 Å². The van der Waals surface area contributed by atoms with Gasteiger partial charge in [0.1, 0.15) is 11.5 Å². The van der Waals surface area contributed by atoms with Crippen LogP contribution in [0, 0.1) is 12.8 Å². The van der Waals surface area contributed by atoms with Crippen molar-refractivity contribution in [2.45, 2.75) is 26.0 Å². The molecule has 7 heteroatoms. The number of methoxy groups -OCH3 is 1. The van der Waals surface area contributed by atoms with E-state index < -0.39 is 6.10 Å². The minimum Gasteiger partial charge on any atom is -0.496 e. The molecule has 3 rings (SSSR count). The van der Waals surface area contributed by atoms with Crippen LogP contribution < -0.4 is 10.1 Å². The summed E-state index contributed by atoms with van der Waals surface area (Å²) in [6, 6.07) is 9.49. The number of carbonyl (C=O) groups is 1. The van der Waals surface area contributed by atoms with Crippen LogP contribution in [0.2, 0.25) is 0 Å². The van der Waals surface area contributed by atoms with E-state index in [1.807, 2.05) is 42.2 Å². The highest BCUT2D eigenvalue weighted by molar-refractivity contribution is 5.78. The Kier molecular flexibility index (Phi) is 5.90. The molecule has 140 valence electrons. The Balaban J connectivity index is 1.47. The Morgan fingerprint density at radius 3 is 2.96 bits per heavy atom. The maximum Gasteiger partial charge on any atom is 0.234 e. The molecule has 2 aromatic rings. The predicted molar refractivity (Wildman–Crippen MR) is 95.7 cm³/mol. The number of benzene rings is 1. The molecule has 1 aromatic heterocycles. The number of hydrogen-bond acceptors (Lipinski definition) is 6. The molecule has 2 atom stereocenters. The number of nitrogens with zero attached hydrogens (tertiary/aromatic N) is 2. The summed E-state index contributed by atoms with van der Waals surface area (Å²) in [6.45, 7) is 3.69. The van der Waals surface area contributed by atoms with Gasteiger partial charge in [-0.25, -0.2) is 0 Å². The first kappa shape index (κ1) is 18.4. The lowest BCUT2D eigenvalue weighted by atomic mass is 10.0. The summed E-state index contributed by atoms with van der Waals surface area (Å²) < 4.78 is 10.5. The molecule has 0 radical (unpaired) electrons. The normalized spacial score (nSPS) is 20.3. The molecular formula is C19H25N3O4. The Morgan fingerprint density at radius 1 is 1.42 bits per heavy atom. The quantitative estimate of drug-likeness (QED) is 0.771. The first-order chi connectivity index (χ1) is 12.5. The van der Waals surface area contributed by atoms with E-state index in [4.69, 9.17) is 9.26 Å². The Morgan fingerprint density at radius 2 is 2.23 bits per heavy atom. The van der Waals surface area contributed by atoms with Gasteiger partial charge in [0.2, 0.25) is 5.91 Å². The number of para-hydroxylation sites is 1. The Hall–Kier alpha value is -2.38. The average Bonchev–Trinajstić information content (AvgIpc) is 3.19. The number of nitrogens with one attached hydrogen (secondary N) is 1. The standard InChI is InChI=1S/C19H25N3O4/c1-13-7-16(26-21-13)8-15-10-22(11-17(15)23)12-19(24)20-9-14-5-3-4-6-18(14)25-2/h3-7,15,17,23H,8-12H2,1-2H3,(H,20,24)/t15-,17+/m1/s1. The third-order valence-corrected chi connectivity index (χ3v) is 4.66. The Labute approximate surface area is 152 Å². The molecule has 1 aliphatic rings. The van der Waals surface area contributed by atoms with E-state index in [9.17, 15) is 9.90 Å². The van der Waals surface area contributed by atoms with E-state index in [2.05, 4.69) is 10.5 Å². The molecule has 26 heavy (non-hydrogen) atoms. The fourth-order valence-corrected chi connectivity index (χ4v) is 3.34. The number of hydrogen-bond donors (Lipinski definition) is 2. The molecule has 1 saturated heterocycles. The molecule has 1 fully saturated rings. The predicted octanol–water partition coefficient (Wildman–Crippen LogP) is 1.14. The summed E-state index contributed by atoms with van der Waals surface area (Å²) in [7, 11) is 1.61. The second-order valence-corrected chi connectivity index (χ2v) is 6.75. The van der Waals surface area contributed by atoms with E-state index in [-0.39, 0.29) is 18.4 Å². The molecule has 0 aliphatic carbocycles. The van der Waals surface area contributed by atoms with E-state index in [1.165, 1.54) is 0 Å². The summed E-state index contributed by atoms with van der Waals surface area (Å²) in [4.78, 5) is 14.2. The van der Waals surface area contributed by atoms with Crippen molar-refractivity contribution in [1.82, 2.24) is 15.4 Å². The van der Waals surface area contributed by atoms with Crippen LogP contribution in [0.4, 0.5) is 0 Å². The van der Waals surface area contributed by atoms with Gasteiger partial charge in [0.05, 0.1) is 25.5 Å². The maximum absolute atomic E-state index is 12.2. The second kappa shape index (κ2) is 8.33. The number of carbonyl (C=O) groups excluding carboxylic acids is 1. The lowest BCUT2D eigenvalue weighted by Gasteiger charge is -2.15. The lowest BCUT2D eigenvalue weighted by molar-refractivity contribution is -0.122. The monoisotopic (exact) mass is 359 g/mol. The van der Waals surface area contributed by atoms with Crippen molar-refractivity contribution >= 4 is 5.91 Å². The van der Waals surface area contributed by atoms with Gasteiger partial charge in [-0.3, -0.25) is 9.69 Å². The molecule has 0 spiro atoms. The van der Waals surface area contributed by atoms with Crippen molar-refractivity contribution in [3.8, 4) is 5.75 Å². The maximum atomic E-state index is 12.2. The molecular weight excluding hydrogens is 334 g/mol. The van der Waals surface area contributed by atoms with Crippen LogP contribution in [0.25, 0.3) is 0 Å². The van der Waals surface area contributed by atoms with Crippen molar-refractivity contribution in [2.75, 3.05) is 26.7 Å². The van der Waals surface area contributed by atoms with Crippen LogP contribution >= 0.6 is 0 Å². The van der Waals surface area contributed by atoms with Crippen molar-refractivity contribution < 1.29 is 19.2 Å². The van der Waals surface area contributed by atoms with E-state index in [0.29, 0.717) is 26.1 Å². The largest absolute Gasteiger partial charge is 0.496 e. The van der Waals surface area contributed by atoms with Crippen molar-refractivity contribution in [2.24, 2.45) is 5.92 Å². The third-order valence-electron chi connectivity index (χ3n) is 4.66. The summed E-state index contributed by atoms with van der Waals surface area (Å²) in [5.41, 5.74) is 1.77. The zero-order valence-electron chi connectivity index (χ0n) is 15.1. The fourth-order valence-electron chi connectivity index (χ4n) is 3.34. The molecule has 2 N–H and O–H groups in total. The van der Waals surface area contributed by atoms with Crippen LogP contribution in [0.5, 0.6) is 5.75 Å². The summed E-state index contributed by atoms with van der Waals surface area (Å²) in [6.07, 6.45) is 0.156. The molecule has 1 amide bonds. The van der Waals surface area contributed by atoms with Crippen LogP contribution in [0.15, 0.2) is 34.9 Å². The van der Waals surface area contributed by atoms with Gasteiger partial charge in [-0.1, -0.05) is 23.4 Å². The number of rotatable bonds is 7. The molecule has 1 aromatic carbocycles. The molecule has 0 bridgehead atoms. The summed E-state index contributed by atoms with van der Waals surface area (Å²) in [5, 5.41) is 17.1. The number of aryl methyl sites for hydroxylation is 1. The van der Waals surface area contributed by atoms with Gasteiger partial charge in [-0.15, -0.1) is 0 Å². The van der Waals surface area contributed by atoms with Gasteiger partial charge in [0.15, 0.2) is 0 Å². The van der Waals surface area contributed by atoms with Crippen molar-refractivity contribution in [3.63, 3.8) is 0 Å². The SMILES string of the molecule is COc1ccccc1CNC(=O)CN1C[C@@H](Cc2cc(C)no2)[C@@H](O)C1. The van der Waals surface area contributed by atoms with E-state index in [0.717, 1.165) is 22.8 Å². The minimum absolute atomic E-state index is 0.0457. The average molecular weight is 359 g/mol. The van der Waals surface area contributed by atoms with Gasteiger partial charge in [0.25, 0.3) is 0 Å². The highest BCUT2D eigenvalue weighted by Gasteiger charge is 2.33. The molecule has 0 unspecified atom stereocenters. The van der Waals surface area contributed by atoms with Crippen LogP contribution in [-0.2, 0) is 17.8 Å². The number of likely N-dealkylation sites (tertiary alicyclic amines) is 1. The second-order valence-electron chi connectivity index (χ2n) is 6.75. The molecule has 7 nitrogen and oxygen atoms in total. The fraction of sp³-hybridized carbons (Fsp3) is 0.474. The van der Waals surface area contributed by atoms with Gasteiger partial charge >= 0.3 is 0 Å². The van der Waals surface area contributed by atoms with Crippen molar-refractivity contribution in [1.29, 1.82) is 0 Å². The molecule has 2 heterocycles. The van der Waals surface area contributed by atoms with Crippen LogP contribution in [-0.4, -0.2) is 53.9 Å². The number of ether oxygens (including phenoxy) is 1. The zero-order chi connectivity index (χ0) is 18.5. The van der Waals surface area contributed by atoms with Gasteiger partial charge < -0.3 is 19.7 Å². The van der Waals surface area contributed by atoms with Gasteiger partial charge in [0, 0.05) is 43.6 Å².